The summed E-state index contributed by atoms with van der Waals surface area (Å²) in [6, 6.07) is 6.25. The molecule has 0 bridgehead atoms. The number of nitrogens with zero attached hydrogens (tertiary/aromatic N) is 2. The van der Waals surface area contributed by atoms with Gasteiger partial charge in [0.2, 0.25) is 0 Å². The molecule has 0 atom stereocenters. The lowest BCUT2D eigenvalue weighted by molar-refractivity contribution is 0.568. The van der Waals surface area contributed by atoms with Gasteiger partial charge in [0, 0.05) is 28.8 Å². The summed E-state index contributed by atoms with van der Waals surface area (Å²) < 4.78 is 0.867. The highest BCUT2D eigenvalue weighted by Gasteiger charge is 2.27. The lowest BCUT2D eigenvalue weighted by Crippen LogP contribution is -2.27. The van der Waals surface area contributed by atoms with E-state index in [1.54, 1.807) is 11.3 Å². The predicted octanol–water partition coefficient (Wildman–Crippen LogP) is 4.57. The van der Waals surface area contributed by atoms with Crippen molar-refractivity contribution in [3.05, 3.63) is 38.9 Å². The van der Waals surface area contributed by atoms with Gasteiger partial charge in [0.25, 0.3) is 0 Å². The number of nitrogens with one attached hydrogen (secondary N) is 1. The third-order valence-corrected chi connectivity index (χ3v) is 5.20. The van der Waals surface area contributed by atoms with Crippen molar-refractivity contribution >= 4 is 33.1 Å². The van der Waals surface area contributed by atoms with Crippen LogP contribution in [0.15, 0.2) is 28.2 Å². The first-order valence-electron chi connectivity index (χ1n) is 6.87. The van der Waals surface area contributed by atoms with Gasteiger partial charge in [-0.1, -0.05) is 19.9 Å². The van der Waals surface area contributed by atoms with Crippen LogP contribution in [0.3, 0.4) is 0 Å². The summed E-state index contributed by atoms with van der Waals surface area (Å²) in [6.45, 7) is 5.37. The van der Waals surface area contributed by atoms with E-state index in [-0.39, 0.29) is 5.41 Å². The number of rotatable bonds is 5. The Morgan fingerprint density at radius 3 is 2.85 bits per heavy atom. The lowest BCUT2D eigenvalue weighted by Gasteiger charge is -2.24. The zero-order chi connectivity index (χ0) is 14.2. The van der Waals surface area contributed by atoms with Crippen molar-refractivity contribution in [2.45, 2.75) is 38.0 Å². The van der Waals surface area contributed by atoms with E-state index in [0.717, 1.165) is 22.8 Å². The summed E-state index contributed by atoms with van der Waals surface area (Å²) in [4.78, 5) is 10.5. The number of thiophene rings is 1. The van der Waals surface area contributed by atoms with Gasteiger partial charge in [-0.3, -0.25) is 0 Å². The molecule has 0 radical (unpaired) electrons. The lowest BCUT2D eigenvalue weighted by atomic mass is 9.91. The topological polar surface area (TPSA) is 37.8 Å². The van der Waals surface area contributed by atoms with Crippen molar-refractivity contribution in [3.8, 4) is 0 Å². The van der Waals surface area contributed by atoms with E-state index in [1.165, 1.54) is 17.7 Å². The molecule has 2 aromatic rings. The van der Waals surface area contributed by atoms with E-state index in [0.29, 0.717) is 5.92 Å². The summed E-state index contributed by atoms with van der Waals surface area (Å²) in [5, 5.41) is 5.59. The maximum atomic E-state index is 4.63. The van der Waals surface area contributed by atoms with Crippen molar-refractivity contribution in [2.75, 3.05) is 11.9 Å². The van der Waals surface area contributed by atoms with Crippen LogP contribution in [0.4, 0.5) is 5.82 Å². The summed E-state index contributed by atoms with van der Waals surface area (Å²) in [5.41, 5.74) is 0.103. The SMILES string of the molecule is CC(C)(CNc1cc(Br)nc(C2CC2)n1)c1cccs1. The van der Waals surface area contributed by atoms with Crippen molar-refractivity contribution in [2.24, 2.45) is 0 Å². The minimum Gasteiger partial charge on any atom is -0.369 e. The Labute approximate surface area is 132 Å². The molecule has 1 aliphatic carbocycles. The van der Waals surface area contributed by atoms with Crippen molar-refractivity contribution in [1.29, 1.82) is 0 Å². The zero-order valence-corrected chi connectivity index (χ0v) is 14.1. The van der Waals surface area contributed by atoms with Gasteiger partial charge in [0.1, 0.15) is 16.2 Å². The van der Waals surface area contributed by atoms with Gasteiger partial charge >= 0.3 is 0 Å². The summed E-state index contributed by atoms with van der Waals surface area (Å²) in [7, 11) is 0. The molecule has 0 aromatic carbocycles. The van der Waals surface area contributed by atoms with Crippen LogP contribution >= 0.6 is 27.3 Å². The van der Waals surface area contributed by atoms with Crippen LogP contribution in [0, 0.1) is 0 Å². The molecule has 0 spiro atoms. The molecule has 3 rings (SSSR count). The van der Waals surface area contributed by atoms with Crippen molar-refractivity contribution in [1.82, 2.24) is 9.97 Å². The van der Waals surface area contributed by atoms with Crippen LogP contribution in [-0.4, -0.2) is 16.5 Å². The predicted molar refractivity (Wildman–Crippen MR) is 87.5 cm³/mol. The van der Waals surface area contributed by atoms with Crippen LogP contribution in [0.1, 0.15) is 43.3 Å². The molecular formula is C15H18BrN3S. The number of hydrogen-bond donors (Lipinski definition) is 1. The van der Waals surface area contributed by atoms with E-state index in [1.807, 2.05) is 6.07 Å². The molecule has 106 valence electrons. The summed E-state index contributed by atoms with van der Waals surface area (Å²) in [5.74, 6) is 2.45. The fraction of sp³-hybridized carbons (Fsp3) is 0.467. The molecule has 1 saturated carbocycles. The maximum Gasteiger partial charge on any atom is 0.135 e. The van der Waals surface area contributed by atoms with Crippen molar-refractivity contribution < 1.29 is 0 Å². The highest BCUT2D eigenvalue weighted by atomic mass is 79.9. The molecular weight excluding hydrogens is 334 g/mol. The molecule has 0 unspecified atom stereocenters. The van der Waals surface area contributed by atoms with Gasteiger partial charge in [0.15, 0.2) is 0 Å². The van der Waals surface area contributed by atoms with Crippen LogP contribution < -0.4 is 5.32 Å². The van der Waals surface area contributed by atoms with Crippen LogP contribution in [0.25, 0.3) is 0 Å². The van der Waals surface area contributed by atoms with Gasteiger partial charge in [0.05, 0.1) is 0 Å². The zero-order valence-electron chi connectivity index (χ0n) is 11.7. The third-order valence-electron chi connectivity index (χ3n) is 3.55. The average molecular weight is 352 g/mol. The van der Waals surface area contributed by atoms with Gasteiger partial charge in [-0.05, 0) is 40.2 Å². The fourth-order valence-corrected chi connectivity index (χ4v) is 3.36. The summed E-state index contributed by atoms with van der Waals surface area (Å²) in [6.07, 6.45) is 2.44. The minimum atomic E-state index is 0.103. The van der Waals surface area contributed by atoms with Gasteiger partial charge in [-0.25, -0.2) is 9.97 Å². The molecule has 20 heavy (non-hydrogen) atoms. The average Bonchev–Trinajstić information content (AvgIpc) is 3.10. The normalized spacial score (nSPS) is 15.3. The first kappa shape index (κ1) is 14.0. The number of halogens is 1. The van der Waals surface area contributed by atoms with E-state index >= 15 is 0 Å². The highest BCUT2D eigenvalue weighted by molar-refractivity contribution is 9.10. The third kappa shape index (κ3) is 3.20. The molecule has 2 heterocycles. The molecule has 5 heteroatoms. The van der Waals surface area contributed by atoms with Crippen LogP contribution in [0.5, 0.6) is 0 Å². The highest BCUT2D eigenvalue weighted by Crippen LogP contribution is 2.39. The molecule has 3 nitrogen and oxygen atoms in total. The molecule has 0 aliphatic heterocycles. The Hall–Kier alpha value is -0.940. The smallest absolute Gasteiger partial charge is 0.135 e. The Bertz CT molecular complexity index is 591. The quantitative estimate of drug-likeness (QED) is 0.801. The molecule has 0 saturated heterocycles. The Kier molecular flexibility index (Phi) is 3.82. The Morgan fingerprint density at radius 2 is 2.20 bits per heavy atom. The second kappa shape index (κ2) is 5.45. The minimum absolute atomic E-state index is 0.103. The van der Waals surface area contributed by atoms with Gasteiger partial charge < -0.3 is 5.32 Å². The Morgan fingerprint density at radius 1 is 1.40 bits per heavy atom. The van der Waals surface area contributed by atoms with E-state index < -0.39 is 0 Å². The monoisotopic (exact) mass is 351 g/mol. The van der Waals surface area contributed by atoms with E-state index in [9.17, 15) is 0 Å². The number of anilines is 1. The maximum absolute atomic E-state index is 4.63. The van der Waals surface area contributed by atoms with Gasteiger partial charge in [-0.2, -0.15) is 0 Å². The van der Waals surface area contributed by atoms with Crippen LogP contribution in [0.2, 0.25) is 0 Å². The van der Waals surface area contributed by atoms with Gasteiger partial charge in [-0.15, -0.1) is 11.3 Å². The standard InChI is InChI=1S/C15H18BrN3S/c1-15(2,11-4-3-7-20-11)9-17-13-8-12(16)18-14(19-13)10-5-6-10/h3-4,7-8,10H,5-6,9H2,1-2H3,(H,17,18,19). The Balaban J connectivity index is 1.72. The number of hydrogen-bond acceptors (Lipinski definition) is 4. The van der Waals surface area contributed by atoms with E-state index in [2.05, 4.69) is 62.6 Å². The first-order chi connectivity index (χ1) is 9.54. The first-order valence-corrected chi connectivity index (χ1v) is 8.54. The number of aromatic nitrogens is 2. The fourth-order valence-electron chi connectivity index (χ4n) is 2.11. The molecule has 1 aliphatic rings. The second-order valence-corrected chi connectivity index (χ2v) is 7.68. The van der Waals surface area contributed by atoms with Crippen molar-refractivity contribution in [3.63, 3.8) is 0 Å². The molecule has 1 fully saturated rings. The van der Waals surface area contributed by atoms with Crippen LogP contribution in [-0.2, 0) is 5.41 Å². The van der Waals surface area contributed by atoms with E-state index in [4.69, 9.17) is 0 Å². The second-order valence-electron chi connectivity index (χ2n) is 5.92. The molecule has 1 N–H and O–H groups in total. The summed E-state index contributed by atoms with van der Waals surface area (Å²) >= 11 is 5.28. The largest absolute Gasteiger partial charge is 0.369 e. The molecule has 0 amide bonds. The molecule has 2 aromatic heterocycles.